The summed E-state index contributed by atoms with van der Waals surface area (Å²) >= 11 is 4.93. The van der Waals surface area contributed by atoms with Crippen LogP contribution in [-0.2, 0) is 4.74 Å². The van der Waals surface area contributed by atoms with Gasteiger partial charge in [0.15, 0.2) is 0 Å². The number of hydrogen-bond donors (Lipinski definition) is 1. The van der Waals surface area contributed by atoms with Crippen molar-refractivity contribution in [2.75, 3.05) is 27.4 Å². The van der Waals surface area contributed by atoms with Crippen LogP contribution in [0, 0.1) is 0 Å². The number of rotatable bonds is 7. The first kappa shape index (κ1) is 13.7. The van der Waals surface area contributed by atoms with Gasteiger partial charge in [-0.15, -0.1) is 0 Å². The molecule has 5 heteroatoms. The van der Waals surface area contributed by atoms with E-state index < -0.39 is 0 Å². The average Bonchev–Trinajstić information content (AvgIpc) is 2.34. The van der Waals surface area contributed by atoms with Gasteiger partial charge >= 0.3 is 0 Å². The average molecular weight is 255 g/mol. The van der Waals surface area contributed by atoms with Crippen LogP contribution < -0.4 is 15.2 Å². The second-order valence-electron chi connectivity index (χ2n) is 3.46. The maximum Gasteiger partial charge on any atom is 0.123 e. The first-order valence-electron chi connectivity index (χ1n) is 5.28. The molecule has 1 rings (SSSR count). The molecule has 0 radical (unpaired) electrons. The lowest BCUT2D eigenvalue weighted by molar-refractivity contribution is 0.172. The zero-order valence-electron chi connectivity index (χ0n) is 10.1. The van der Waals surface area contributed by atoms with Crippen molar-refractivity contribution < 1.29 is 14.2 Å². The highest BCUT2D eigenvalue weighted by Crippen LogP contribution is 2.22. The van der Waals surface area contributed by atoms with E-state index in [-0.39, 0.29) is 0 Å². The van der Waals surface area contributed by atoms with Crippen molar-refractivity contribution in [3.8, 4) is 11.5 Å². The summed E-state index contributed by atoms with van der Waals surface area (Å²) in [6.45, 7) is 1.25. The van der Waals surface area contributed by atoms with Gasteiger partial charge in [-0.25, -0.2) is 0 Å². The Morgan fingerprint density at radius 3 is 2.47 bits per heavy atom. The Balaban J connectivity index is 2.70. The van der Waals surface area contributed by atoms with Crippen LogP contribution in [0.3, 0.4) is 0 Å². The van der Waals surface area contributed by atoms with E-state index in [9.17, 15) is 0 Å². The Morgan fingerprint density at radius 2 is 1.88 bits per heavy atom. The van der Waals surface area contributed by atoms with E-state index in [1.807, 2.05) is 0 Å². The normalized spacial score (nSPS) is 10.0. The first-order chi connectivity index (χ1) is 8.17. The Bertz CT molecular complexity index is 382. The molecule has 1 aromatic rings. The van der Waals surface area contributed by atoms with E-state index in [1.165, 1.54) is 0 Å². The number of hydrogen-bond acceptors (Lipinski definition) is 4. The summed E-state index contributed by atoms with van der Waals surface area (Å²) in [6, 6.07) is 5.39. The lowest BCUT2D eigenvalue weighted by Gasteiger charge is -2.10. The first-order valence-corrected chi connectivity index (χ1v) is 5.69. The molecule has 1 aromatic carbocycles. The summed E-state index contributed by atoms with van der Waals surface area (Å²) in [5, 5.41) is 0. The van der Waals surface area contributed by atoms with Crippen molar-refractivity contribution in [2.24, 2.45) is 5.73 Å². The summed E-state index contributed by atoms with van der Waals surface area (Å²) in [5.74, 6) is 1.38. The van der Waals surface area contributed by atoms with Gasteiger partial charge in [0.05, 0.1) is 13.7 Å². The van der Waals surface area contributed by atoms with Gasteiger partial charge in [0.1, 0.15) is 16.5 Å². The zero-order chi connectivity index (χ0) is 12.7. The molecule has 0 bridgehead atoms. The molecular weight excluding hydrogens is 238 g/mol. The molecule has 17 heavy (non-hydrogen) atoms. The smallest absolute Gasteiger partial charge is 0.123 e. The molecule has 0 atom stereocenters. The summed E-state index contributed by atoms with van der Waals surface area (Å²) in [6.07, 6.45) is 0.829. The molecule has 4 nitrogen and oxygen atoms in total. The van der Waals surface area contributed by atoms with E-state index >= 15 is 0 Å². The molecule has 0 aliphatic rings. The third kappa shape index (κ3) is 4.58. The van der Waals surface area contributed by atoms with Crippen molar-refractivity contribution in [3.05, 3.63) is 23.8 Å². The number of thiocarbonyl (C=S) groups is 1. The maximum absolute atomic E-state index is 5.58. The molecule has 0 amide bonds. The summed E-state index contributed by atoms with van der Waals surface area (Å²) in [4.78, 5) is 0.325. The van der Waals surface area contributed by atoms with Crippen molar-refractivity contribution >= 4 is 17.2 Å². The van der Waals surface area contributed by atoms with Crippen molar-refractivity contribution in [2.45, 2.75) is 6.42 Å². The highest BCUT2D eigenvalue weighted by atomic mass is 32.1. The Kier molecular flexibility index (Phi) is 5.72. The molecule has 0 aliphatic carbocycles. The largest absolute Gasteiger partial charge is 0.497 e. The van der Waals surface area contributed by atoms with Crippen LogP contribution in [0.4, 0.5) is 0 Å². The fourth-order valence-corrected chi connectivity index (χ4v) is 1.43. The second-order valence-corrected chi connectivity index (χ2v) is 3.90. The Morgan fingerprint density at radius 1 is 1.18 bits per heavy atom. The van der Waals surface area contributed by atoms with Gasteiger partial charge in [-0.2, -0.15) is 0 Å². The molecule has 2 N–H and O–H groups in total. The van der Waals surface area contributed by atoms with Gasteiger partial charge in [-0.05, 0) is 12.1 Å². The quantitative estimate of drug-likeness (QED) is 0.594. The van der Waals surface area contributed by atoms with Crippen molar-refractivity contribution in [1.29, 1.82) is 0 Å². The summed E-state index contributed by atoms with van der Waals surface area (Å²) in [7, 11) is 3.25. The molecule has 0 saturated heterocycles. The van der Waals surface area contributed by atoms with E-state index in [4.69, 9.17) is 32.2 Å². The molecule has 94 valence electrons. The lowest BCUT2D eigenvalue weighted by atomic mass is 10.2. The molecule has 0 unspecified atom stereocenters. The molecule has 0 spiro atoms. The van der Waals surface area contributed by atoms with Gasteiger partial charge in [0, 0.05) is 31.8 Å². The standard InChI is InChI=1S/C12H17NO3S/c1-14-4-3-5-16-11-7-9(12(13)17)6-10(8-11)15-2/h6-8H,3-5H2,1-2H3,(H2,13,17). The van der Waals surface area contributed by atoms with Gasteiger partial charge < -0.3 is 19.9 Å². The lowest BCUT2D eigenvalue weighted by Crippen LogP contribution is -2.10. The van der Waals surface area contributed by atoms with Crippen LogP contribution in [0.2, 0.25) is 0 Å². The number of ether oxygens (including phenoxy) is 3. The van der Waals surface area contributed by atoms with E-state index in [0.717, 1.165) is 12.0 Å². The Labute approximate surface area is 107 Å². The van der Waals surface area contributed by atoms with Gasteiger partial charge in [0.25, 0.3) is 0 Å². The van der Waals surface area contributed by atoms with E-state index in [0.29, 0.717) is 29.7 Å². The molecule has 0 aliphatic heterocycles. The molecule has 0 aromatic heterocycles. The van der Waals surface area contributed by atoms with Crippen LogP contribution >= 0.6 is 12.2 Å². The fraction of sp³-hybridized carbons (Fsp3) is 0.417. The fourth-order valence-electron chi connectivity index (χ4n) is 1.31. The molecule has 0 saturated carbocycles. The monoisotopic (exact) mass is 255 g/mol. The third-order valence-corrected chi connectivity index (χ3v) is 2.40. The van der Waals surface area contributed by atoms with Gasteiger partial charge in [-0.3, -0.25) is 0 Å². The summed E-state index contributed by atoms with van der Waals surface area (Å²) in [5.41, 5.74) is 6.32. The van der Waals surface area contributed by atoms with Crippen LogP contribution in [0.15, 0.2) is 18.2 Å². The number of nitrogens with two attached hydrogens (primary N) is 1. The second kappa shape index (κ2) is 7.09. The minimum Gasteiger partial charge on any atom is -0.497 e. The number of methoxy groups -OCH3 is 2. The van der Waals surface area contributed by atoms with Gasteiger partial charge in [0.2, 0.25) is 0 Å². The van der Waals surface area contributed by atoms with E-state index in [2.05, 4.69) is 0 Å². The highest BCUT2D eigenvalue weighted by molar-refractivity contribution is 7.80. The van der Waals surface area contributed by atoms with Crippen LogP contribution in [-0.4, -0.2) is 32.4 Å². The minimum atomic E-state index is 0.325. The van der Waals surface area contributed by atoms with Crippen molar-refractivity contribution in [1.82, 2.24) is 0 Å². The predicted molar refractivity (Wildman–Crippen MR) is 70.9 cm³/mol. The van der Waals surface area contributed by atoms with E-state index in [1.54, 1.807) is 32.4 Å². The maximum atomic E-state index is 5.58. The predicted octanol–water partition coefficient (Wildman–Crippen LogP) is 1.74. The SMILES string of the molecule is COCCCOc1cc(OC)cc(C(N)=S)c1. The molecule has 0 heterocycles. The number of benzene rings is 1. The molecule has 0 fully saturated rings. The highest BCUT2D eigenvalue weighted by Gasteiger charge is 2.04. The summed E-state index contributed by atoms with van der Waals surface area (Å²) < 4.78 is 15.7. The minimum absolute atomic E-state index is 0.325. The van der Waals surface area contributed by atoms with Crippen LogP contribution in [0.1, 0.15) is 12.0 Å². The van der Waals surface area contributed by atoms with Gasteiger partial charge in [-0.1, -0.05) is 12.2 Å². The zero-order valence-corrected chi connectivity index (χ0v) is 10.9. The Hall–Kier alpha value is -1.33. The molecular formula is C12H17NO3S. The van der Waals surface area contributed by atoms with Crippen molar-refractivity contribution in [3.63, 3.8) is 0 Å². The third-order valence-electron chi connectivity index (χ3n) is 2.16. The topological polar surface area (TPSA) is 53.7 Å². The van der Waals surface area contributed by atoms with Crippen LogP contribution in [0.25, 0.3) is 0 Å². The van der Waals surface area contributed by atoms with Crippen LogP contribution in [0.5, 0.6) is 11.5 Å².